The molecule has 4 aromatic rings. The van der Waals surface area contributed by atoms with E-state index in [2.05, 4.69) is 0 Å². The maximum atomic E-state index is 13.3. The molecule has 0 amide bonds. The Morgan fingerprint density at radius 1 is 0.679 bits per heavy atom. The summed E-state index contributed by atoms with van der Waals surface area (Å²) in [7, 11) is 3.30. The van der Waals surface area contributed by atoms with Crippen LogP contribution in [-0.2, 0) is 0 Å². The van der Waals surface area contributed by atoms with Gasteiger partial charge in [-0.05, 0) is 78.4 Å². The van der Waals surface area contributed by atoms with Gasteiger partial charge in [0.15, 0.2) is 0 Å². The minimum atomic E-state index is -0.258. The minimum absolute atomic E-state index is 0.258. The van der Waals surface area contributed by atoms with E-state index in [0.29, 0.717) is 0 Å². The molecule has 0 bridgehead atoms. The molecule has 5 heteroatoms. The van der Waals surface area contributed by atoms with Crippen LogP contribution in [0.1, 0.15) is 0 Å². The molecule has 3 nitrogen and oxygen atoms in total. The maximum Gasteiger partial charge on any atom is 0.124 e. The molecule has 1 heterocycles. The van der Waals surface area contributed by atoms with Gasteiger partial charge in [0.25, 0.3) is 0 Å². The first-order valence-electron chi connectivity index (χ1n) is 8.73. The first kappa shape index (κ1) is 18.2. The molecule has 0 spiro atoms. The third-order valence-electron chi connectivity index (χ3n) is 4.43. The van der Waals surface area contributed by atoms with Gasteiger partial charge in [0.05, 0.1) is 24.8 Å². The van der Waals surface area contributed by atoms with Gasteiger partial charge in [0, 0.05) is 11.1 Å². The monoisotopic (exact) mass is 391 g/mol. The molecule has 0 N–H and O–H groups in total. The van der Waals surface area contributed by atoms with Gasteiger partial charge in [-0.1, -0.05) is 0 Å². The van der Waals surface area contributed by atoms with Gasteiger partial charge in [0.1, 0.15) is 22.3 Å². The van der Waals surface area contributed by atoms with Gasteiger partial charge in [-0.15, -0.1) is 11.3 Å². The van der Waals surface area contributed by atoms with E-state index in [0.717, 1.165) is 43.8 Å². The Hall–Kier alpha value is -3.18. The van der Waals surface area contributed by atoms with Crippen LogP contribution in [0, 0.1) is 5.82 Å². The number of methoxy groups -OCH3 is 2. The van der Waals surface area contributed by atoms with Crippen molar-refractivity contribution in [3.8, 4) is 43.8 Å². The van der Waals surface area contributed by atoms with Gasteiger partial charge < -0.3 is 9.47 Å². The van der Waals surface area contributed by atoms with Crippen LogP contribution in [0.3, 0.4) is 0 Å². The van der Waals surface area contributed by atoms with Crippen LogP contribution in [-0.4, -0.2) is 19.2 Å². The highest BCUT2D eigenvalue weighted by molar-refractivity contribution is 7.19. The summed E-state index contributed by atoms with van der Waals surface area (Å²) in [5.74, 6) is 1.34. The lowest BCUT2D eigenvalue weighted by molar-refractivity contribution is 0.414. The summed E-state index contributed by atoms with van der Waals surface area (Å²) in [5.41, 5.74) is 3.83. The molecular weight excluding hydrogens is 373 g/mol. The fourth-order valence-corrected chi connectivity index (χ4v) is 4.02. The number of nitrogens with zero attached hydrogens (tertiary/aromatic N) is 1. The number of rotatable bonds is 5. The Balaban J connectivity index is 1.84. The molecule has 0 saturated heterocycles. The first-order chi connectivity index (χ1) is 13.7. The Kier molecular flexibility index (Phi) is 5.08. The zero-order chi connectivity index (χ0) is 19.5. The fourth-order valence-electron chi connectivity index (χ4n) is 2.92. The standard InChI is InChI=1S/C23H18FNO2S/c1-26-19-11-5-15(6-12-19)21-22(16-7-13-20(27-2)14-8-16)28-23(25-21)17-3-9-18(24)10-4-17/h3-14H,1-2H3. The number of benzene rings is 3. The van der Waals surface area contributed by atoms with Crippen LogP contribution in [0.2, 0.25) is 0 Å². The number of halogens is 1. The molecule has 0 radical (unpaired) electrons. The number of hydrogen-bond acceptors (Lipinski definition) is 4. The summed E-state index contributed by atoms with van der Waals surface area (Å²) in [4.78, 5) is 5.93. The lowest BCUT2D eigenvalue weighted by Gasteiger charge is -2.05. The molecule has 0 fully saturated rings. The Bertz CT molecular complexity index is 1010. The van der Waals surface area contributed by atoms with Crippen LogP contribution in [0.5, 0.6) is 11.5 Å². The van der Waals surface area contributed by atoms with Crippen LogP contribution in [0.4, 0.5) is 4.39 Å². The molecular formula is C23H18FNO2S. The van der Waals surface area contributed by atoms with Gasteiger partial charge in [-0.25, -0.2) is 9.37 Å². The lowest BCUT2D eigenvalue weighted by atomic mass is 10.1. The van der Waals surface area contributed by atoms with Crippen molar-refractivity contribution in [2.75, 3.05) is 14.2 Å². The largest absolute Gasteiger partial charge is 0.497 e. The van der Waals surface area contributed by atoms with Gasteiger partial charge in [0.2, 0.25) is 0 Å². The molecule has 0 unspecified atom stereocenters. The summed E-state index contributed by atoms with van der Waals surface area (Å²) in [6.45, 7) is 0. The van der Waals surface area contributed by atoms with Crippen molar-refractivity contribution >= 4 is 11.3 Å². The second-order valence-electron chi connectivity index (χ2n) is 6.16. The smallest absolute Gasteiger partial charge is 0.124 e. The van der Waals surface area contributed by atoms with E-state index < -0.39 is 0 Å². The number of hydrogen-bond donors (Lipinski definition) is 0. The average Bonchev–Trinajstić information content (AvgIpc) is 3.20. The third-order valence-corrected chi connectivity index (χ3v) is 5.59. The first-order valence-corrected chi connectivity index (χ1v) is 9.55. The topological polar surface area (TPSA) is 31.4 Å². The van der Waals surface area contributed by atoms with E-state index in [4.69, 9.17) is 14.5 Å². The zero-order valence-corrected chi connectivity index (χ0v) is 16.3. The van der Waals surface area contributed by atoms with Gasteiger partial charge in [-0.2, -0.15) is 0 Å². The summed E-state index contributed by atoms with van der Waals surface area (Å²) in [6, 6.07) is 22.2. The SMILES string of the molecule is COc1ccc(-c2nc(-c3ccc(F)cc3)sc2-c2ccc(OC)cc2)cc1. The van der Waals surface area contributed by atoms with Crippen molar-refractivity contribution in [2.45, 2.75) is 0 Å². The number of ether oxygens (including phenoxy) is 2. The molecule has 28 heavy (non-hydrogen) atoms. The van der Waals surface area contributed by atoms with Gasteiger partial charge in [-0.3, -0.25) is 0 Å². The highest BCUT2D eigenvalue weighted by Crippen LogP contribution is 2.41. The van der Waals surface area contributed by atoms with Crippen molar-refractivity contribution in [3.05, 3.63) is 78.6 Å². The van der Waals surface area contributed by atoms with E-state index in [1.165, 1.54) is 12.1 Å². The molecule has 0 atom stereocenters. The molecule has 140 valence electrons. The van der Waals surface area contributed by atoms with Crippen molar-refractivity contribution in [3.63, 3.8) is 0 Å². The predicted octanol–water partition coefficient (Wildman–Crippen LogP) is 6.30. The van der Waals surface area contributed by atoms with Gasteiger partial charge >= 0.3 is 0 Å². The molecule has 0 aliphatic carbocycles. The molecule has 0 saturated carbocycles. The Morgan fingerprint density at radius 3 is 1.71 bits per heavy atom. The molecule has 0 aliphatic rings. The molecule has 3 aromatic carbocycles. The van der Waals surface area contributed by atoms with E-state index in [9.17, 15) is 4.39 Å². The summed E-state index contributed by atoms with van der Waals surface area (Å²) in [6.07, 6.45) is 0. The van der Waals surface area contributed by atoms with Crippen molar-refractivity contribution in [1.29, 1.82) is 0 Å². The maximum absolute atomic E-state index is 13.3. The van der Waals surface area contributed by atoms with Crippen LogP contribution in [0.25, 0.3) is 32.3 Å². The van der Waals surface area contributed by atoms with Crippen LogP contribution in [0.15, 0.2) is 72.8 Å². The number of aromatic nitrogens is 1. The Labute approximate surface area is 167 Å². The Morgan fingerprint density at radius 2 is 1.18 bits per heavy atom. The average molecular weight is 391 g/mol. The van der Waals surface area contributed by atoms with E-state index in [1.54, 1.807) is 37.7 Å². The molecule has 0 aliphatic heterocycles. The number of thiazole rings is 1. The summed E-state index contributed by atoms with van der Waals surface area (Å²) >= 11 is 1.58. The highest BCUT2D eigenvalue weighted by Gasteiger charge is 2.16. The van der Waals surface area contributed by atoms with Crippen LogP contribution >= 0.6 is 11.3 Å². The highest BCUT2D eigenvalue weighted by atomic mass is 32.1. The van der Waals surface area contributed by atoms with E-state index >= 15 is 0 Å². The quantitative estimate of drug-likeness (QED) is 0.400. The molecule has 4 rings (SSSR count). The fraction of sp³-hybridized carbons (Fsp3) is 0.0870. The summed E-state index contributed by atoms with van der Waals surface area (Å²) in [5, 5.41) is 0.844. The van der Waals surface area contributed by atoms with E-state index in [1.807, 2.05) is 48.5 Å². The van der Waals surface area contributed by atoms with Crippen molar-refractivity contribution < 1.29 is 13.9 Å². The second kappa shape index (κ2) is 7.82. The third kappa shape index (κ3) is 3.62. The van der Waals surface area contributed by atoms with E-state index in [-0.39, 0.29) is 5.82 Å². The molecule has 1 aromatic heterocycles. The predicted molar refractivity (Wildman–Crippen MR) is 111 cm³/mol. The van der Waals surface area contributed by atoms with Crippen molar-refractivity contribution in [1.82, 2.24) is 4.98 Å². The second-order valence-corrected chi connectivity index (χ2v) is 7.16. The zero-order valence-electron chi connectivity index (χ0n) is 15.5. The minimum Gasteiger partial charge on any atom is -0.497 e. The summed E-state index contributed by atoms with van der Waals surface area (Å²) < 4.78 is 23.9. The van der Waals surface area contributed by atoms with Crippen LogP contribution < -0.4 is 9.47 Å². The lowest BCUT2D eigenvalue weighted by Crippen LogP contribution is -1.86. The van der Waals surface area contributed by atoms with Crippen molar-refractivity contribution in [2.24, 2.45) is 0 Å². The normalized spacial score (nSPS) is 10.7.